The van der Waals surface area contributed by atoms with Gasteiger partial charge in [-0.3, -0.25) is 4.79 Å². The number of carbonyl (C=O) groups is 1. The molecule has 0 aliphatic heterocycles. The number of likely N-dealkylation sites (N-methyl/N-ethyl adjacent to an activating group) is 1. The lowest BCUT2D eigenvalue weighted by Gasteiger charge is -2.22. The van der Waals surface area contributed by atoms with Crippen molar-refractivity contribution in [3.8, 4) is 0 Å². The Kier molecular flexibility index (Phi) is 4.73. The van der Waals surface area contributed by atoms with E-state index in [0.29, 0.717) is 6.54 Å². The van der Waals surface area contributed by atoms with Crippen LogP contribution in [0, 0.1) is 0 Å². The summed E-state index contributed by atoms with van der Waals surface area (Å²) < 4.78 is 5.46. The van der Waals surface area contributed by atoms with Gasteiger partial charge in [0.2, 0.25) is 5.91 Å². The third-order valence-electron chi connectivity index (χ3n) is 2.45. The van der Waals surface area contributed by atoms with Crippen molar-refractivity contribution in [2.75, 3.05) is 19.4 Å². The highest BCUT2D eigenvalue weighted by molar-refractivity contribution is 5.77. The maximum Gasteiger partial charge on any atom is 0.248 e. The average Bonchev–Trinajstić information content (AvgIpc) is 2.28. The van der Waals surface area contributed by atoms with Crippen LogP contribution in [0.1, 0.15) is 26.3 Å². The van der Waals surface area contributed by atoms with E-state index in [2.05, 4.69) is 0 Å². The van der Waals surface area contributed by atoms with Crippen LogP contribution in [-0.2, 0) is 16.1 Å². The van der Waals surface area contributed by atoms with Crippen molar-refractivity contribution in [2.24, 2.45) is 0 Å². The molecule has 0 bridgehead atoms. The second-order valence-corrected chi connectivity index (χ2v) is 5.39. The van der Waals surface area contributed by atoms with Crippen LogP contribution < -0.4 is 5.73 Å². The number of hydrogen-bond acceptors (Lipinski definition) is 3. The molecule has 0 saturated carbocycles. The minimum absolute atomic E-state index is 0.0262. The first kappa shape index (κ1) is 14.5. The Bertz CT molecular complexity index is 393. The zero-order valence-electron chi connectivity index (χ0n) is 11.6. The summed E-state index contributed by atoms with van der Waals surface area (Å²) in [7, 11) is 1.77. The Morgan fingerprint density at radius 2 is 1.83 bits per heavy atom. The minimum atomic E-state index is -0.294. The molecule has 18 heavy (non-hydrogen) atoms. The molecular weight excluding hydrogens is 228 g/mol. The van der Waals surface area contributed by atoms with Crippen LogP contribution >= 0.6 is 0 Å². The Hall–Kier alpha value is -1.55. The SMILES string of the molecule is CN(Cc1ccc(N)cc1)C(=O)COC(C)(C)C. The molecule has 4 heteroatoms. The number of hydrogen-bond donors (Lipinski definition) is 1. The zero-order chi connectivity index (χ0) is 13.8. The normalized spacial score (nSPS) is 11.3. The third kappa shape index (κ3) is 5.19. The highest BCUT2D eigenvalue weighted by atomic mass is 16.5. The highest BCUT2D eigenvalue weighted by Gasteiger charge is 2.15. The second-order valence-electron chi connectivity index (χ2n) is 5.39. The standard InChI is InChI=1S/C14H22N2O2/c1-14(2,3)18-10-13(17)16(4)9-11-5-7-12(15)8-6-11/h5-8H,9-10,15H2,1-4H3. The Morgan fingerprint density at radius 3 is 2.33 bits per heavy atom. The van der Waals surface area contributed by atoms with Gasteiger partial charge in [-0.15, -0.1) is 0 Å². The molecule has 1 aromatic carbocycles. The van der Waals surface area contributed by atoms with Gasteiger partial charge in [-0.2, -0.15) is 0 Å². The van der Waals surface area contributed by atoms with Crippen LogP contribution in [0.3, 0.4) is 0 Å². The number of benzene rings is 1. The summed E-state index contributed by atoms with van der Waals surface area (Å²) in [6, 6.07) is 7.51. The topological polar surface area (TPSA) is 55.6 Å². The molecule has 0 spiro atoms. The first-order valence-electron chi connectivity index (χ1n) is 6.00. The van der Waals surface area contributed by atoms with Crippen molar-refractivity contribution in [2.45, 2.75) is 32.9 Å². The Balaban J connectivity index is 2.47. The molecule has 1 rings (SSSR count). The molecule has 4 nitrogen and oxygen atoms in total. The lowest BCUT2D eigenvalue weighted by Crippen LogP contribution is -2.33. The van der Waals surface area contributed by atoms with Gasteiger partial charge in [0, 0.05) is 19.3 Å². The first-order chi connectivity index (χ1) is 8.28. The number of ether oxygens (including phenoxy) is 1. The molecule has 0 atom stereocenters. The van der Waals surface area contributed by atoms with Crippen LogP contribution in [0.5, 0.6) is 0 Å². The van der Waals surface area contributed by atoms with Gasteiger partial charge in [0.25, 0.3) is 0 Å². The molecule has 0 aromatic heterocycles. The molecule has 0 aliphatic rings. The van der Waals surface area contributed by atoms with Gasteiger partial charge in [-0.25, -0.2) is 0 Å². The van der Waals surface area contributed by atoms with E-state index in [4.69, 9.17) is 10.5 Å². The average molecular weight is 250 g/mol. The van der Waals surface area contributed by atoms with E-state index in [1.165, 1.54) is 0 Å². The molecule has 0 unspecified atom stereocenters. The predicted octanol–water partition coefficient (Wildman–Crippen LogP) is 2.04. The van der Waals surface area contributed by atoms with Gasteiger partial charge in [0.15, 0.2) is 0 Å². The van der Waals surface area contributed by atoms with Crippen molar-refractivity contribution in [3.63, 3.8) is 0 Å². The van der Waals surface area contributed by atoms with Crippen molar-refractivity contribution in [1.29, 1.82) is 0 Å². The molecule has 1 aromatic rings. The number of nitrogen functional groups attached to an aromatic ring is 1. The fraction of sp³-hybridized carbons (Fsp3) is 0.500. The third-order valence-corrected chi connectivity index (χ3v) is 2.45. The molecule has 2 N–H and O–H groups in total. The number of carbonyl (C=O) groups excluding carboxylic acids is 1. The molecule has 0 saturated heterocycles. The van der Waals surface area contributed by atoms with Crippen LogP contribution in [0.2, 0.25) is 0 Å². The van der Waals surface area contributed by atoms with Gasteiger partial charge < -0.3 is 15.4 Å². The molecular formula is C14H22N2O2. The van der Waals surface area contributed by atoms with E-state index >= 15 is 0 Å². The monoisotopic (exact) mass is 250 g/mol. The lowest BCUT2D eigenvalue weighted by molar-refractivity contribution is -0.140. The van der Waals surface area contributed by atoms with E-state index < -0.39 is 0 Å². The molecule has 100 valence electrons. The van der Waals surface area contributed by atoms with E-state index in [1.807, 2.05) is 45.0 Å². The molecule has 0 radical (unpaired) electrons. The molecule has 1 amide bonds. The fourth-order valence-corrected chi connectivity index (χ4v) is 1.37. The summed E-state index contributed by atoms with van der Waals surface area (Å²) in [5.41, 5.74) is 7.10. The largest absolute Gasteiger partial charge is 0.399 e. The van der Waals surface area contributed by atoms with Crippen molar-refractivity contribution in [3.05, 3.63) is 29.8 Å². The maximum atomic E-state index is 11.8. The van der Waals surface area contributed by atoms with Gasteiger partial charge in [-0.05, 0) is 38.5 Å². The Labute approximate surface area is 109 Å². The van der Waals surface area contributed by atoms with Crippen molar-refractivity contribution in [1.82, 2.24) is 4.90 Å². The first-order valence-corrected chi connectivity index (χ1v) is 6.00. The predicted molar refractivity (Wildman–Crippen MR) is 73.0 cm³/mol. The zero-order valence-corrected chi connectivity index (χ0v) is 11.6. The molecule has 0 aliphatic carbocycles. The summed E-state index contributed by atoms with van der Waals surface area (Å²) in [5, 5.41) is 0. The number of amides is 1. The number of rotatable bonds is 4. The second kappa shape index (κ2) is 5.87. The van der Waals surface area contributed by atoms with Gasteiger partial charge in [0.05, 0.1) is 5.60 Å². The van der Waals surface area contributed by atoms with E-state index in [0.717, 1.165) is 11.3 Å². The van der Waals surface area contributed by atoms with Gasteiger partial charge >= 0.3 is 0 Å². The van der Waals surface area contributed by atoms with Gasteiger partial charge in [-0.1, -0.05) is 12.1 Å². The lowest BCUT2D eigenvalue weighted by atomic mass is 10.2. The minimum Gasteiger partial charge on any atom is -0.399 e. The summed E-state index contributed by atoms with van der Waals surface area (Å²) in [6.45, 7) is 6.46. The van der Waals surface area contributed by atoms with E-state index in [9.17, 15) is 4.79 Å². The Morgan fingerprint density at radius 1 is 1.28 bits per heavy atom. The van der Waals surface area contributed by atoms with E-state index in [-0.39, 0.29) is 18.1 Å². The molecule has 0 heterocycles. The maximum absolute atomic E-state index is 11.8. The summed E-state index contributed by atoms with van der Waals surface area (Å²) >= 11 is 0. The van der Waals surface area contributed by atoms with Crippen molar-refractivity contribution >= 4 is 11.6 Å². The van der Waals surface area contributed by atoms with Crippen molar-refractivity contribution < 1.29 is 9.53 Å². The fourth-order valence-electron chi connectivity index (χ4n) is 1.37. The highest BCUT2D eigenvalue weighted by Crippen LogP contribution is 2.09. The number of nitrogens with zero attached hydrogens (tertiary/aromatic N) is 1. The van der Waals surface area contributed by atoms with Crippen LogP contribution in [0.25, 0.3) is 0 Å². The number of anilines is 1. The molecule has 0 fully saturated rings. The summed E-state index contributed by atoms with van der Waals surface area (Å²) in [4.78, 5) is 13.5. The van der Waals surface area contributed by atoms with Crippen LogP contribution in [0.15, 0.2) is 24.3 Å². The summed E-state index contributed by atoms with van der Waals surface area (Å²) in [6.07, 6.45) is 0. The number of nitrogens with two attached hydrogens (primary N) is 1. The van der Waals surface area contributed by atoms with Crippen LogP contribution in [-0.4, -0.2) is 30.1 Å². The smallest absolute Gasteiger partial charge is 0.248 e. The van der Waals surface area contributed by atoms with Crippen LogP contribution in [0.4, 0.5) is 5.69 Å². The van der Waals surface area contributed by atoms with E-state index in [1.54, 1.807) is 11.9 Å². The quantitative estimate of drug-likeness (QED) is 0.832. The van der Waals surface area contributed by atoms with Gasteiger partial charge in [0.1, 0.15) is 6.61 Å². The summed E-state index contributed by atoms with van der Waals surface area (Å²) in [5.74, 6) is -0.0262.